The molecule has 0 aliphatic heterocycles. The molecule has 0 bridgehead atoms. The third-order valence-electron chi connectivity index (χ3n) is 2.06. The Kier molecular flexibility index (Phi) is 3.93. The molecule has 0 heterocycles. The molecule has 2 nitrogen and oxygen atoms in total. The van der Waals surface area contributed by atoms with Crippen LogP contribution in [0.4, 0.5) is 0 Å². The van der Waals surface area contributed by atoms with Gasteiger partial charge in [0.05, 0.1) is 0 Å². The lowest BCUT2D eigenvalue weighted by Gasteiger charge is -2.14. The highest BCUT2D eigenvalue weighted by atomic mass is 16.7. The largest absolute Gasteiger partial charge is 0.352 e. The van der Waals surface area contributed by atoms with Gasteiger partial charge in [-0.05, 0) is 12.0 Å². The molecule has 1 rings (SSSR count). The summed E-state index contributed by atoms with van der Waals surface area (Å²) in [5.74, 6) is 0. The zero-order chi connectivity index (χ0) is 9.68. The van der Waals surface area contributed by atoms with E-state index in [0.717, 1.165) is 12.0 Å². The Morgan fingerprint density at radius 2 is 1.92 bits per heavy atom. The van der Waals surface area contributed by atoms with Crippen molar-refractivity contribution in [2.45, 2.75) is 19.6 Å². The fraction of sp³-hybridized carbons (Fsp3) is 0.455. The first-order valence-electron chi connectivity index (χ1n) is 4.46. The Morgan fingerprint density at radius 1 is 1.23 bits per heavy atom. The fourth-order valence-electron chi connectivity index (χ4n) is 1.33. The van der Waals surface area contributed by atoms with Crippen LogP contribution >= 0.6 is 0 Å². The first-order valence-corrected chi connectivity index (χ1v) is 4.46. The Morgan fingerprint density at radius 3 is 2.46 bits per heavy atom. The van der Waals surface area contributed by atoms with Crippen molar-refractivity contribution in [2.24, 2.45) is 0 Å². The zero-order valence-electron chi connectivity index (χ0n) is 8.41. The summed E-state index contributed by atoms with van der Waals surface area (Å²) in [6, 6.07) is 8.25. The minimum Gasteiger partial charge on any atom is -0.352 e. The second kappa shape index (κ2) is 5.00. The van der Waals surface area contributed by atoms with E-state index in [0.29, 0.717) is 0 Å². The summed E-state index contributed by atoms with van der Waals surface area (Å²) >= 11 is 0. The number of rotatable bonds is 4. The van der Waals surface area contributed by atoms with Crippen LogP contribution in [-0.4, -0.2) is 14.2 Å². The minimum atomic E-state index is -0.244. The number of methoxy groups -OCH3 is 2. The van der Waals surface area contributed by atoms with Crippen molar-refractivity contribution in [3.63, 3.8) is 0 Å². The molecule has 0 fully saturated rings. The SMILES string of the molecule is CCc1cccc(C(OC)OC)c1. The van der Waals surface area contributed by atoms with Crippen molar-refractivity contribution in [1.82, 2.24) is 0 Å². The molecule has 0 saturated carbocycles. The van der Waals surface area contributed by atoms with E-state index in [2.05, 4.69) is 19.1 Å². The molecule has 2 heteroatoms. The molecule has 1 aromatic rings. The fourth-order valence-corrected chi connectivity index (χ4v) is 1.33. The minimum absolute atomic E-state index is 0.244. The van der Waals surface area contributed by atoms with Crippen LogP contribution < -0.4 is 0 Å². The predicted molar refractivity (Wildman–Crippen MR) is 52.6 cm³/mol. The molecule has 0 N–H and O–H groups in total. The van der Waals surface area contributed by atoms with Gasteiger partial charge in [-0.25, -0.2) is 0 Å². The monoisotopic (exact) mass is 180 g/mol. The van der Waals surface area contributed by atoms with E-state index in [4.69, 9.17) is 9.47 Å². The summed E-state index contributed by atoms with van der Waals surface area (Å²) in [5.41, 5.74) is 2.38. The molecule has 0 amide bonds. The molecule has 0 atom stereocenters. The van der Waals surface area contributed by atoms with Crippen LogP contribution in [0, 0.1) is 0 Å². The lowest BCUT2D eigenvalue weighted by molar-refractivity contribution is -0.106. The van der Waals surface area contributed by atoms with Gasteiger partial charge in [-0.1, -0.05) is 31.2 Å². The van der Waals surface area contributed by atoms with Crippen LogP contribution in [0.1, 0.15) is 24.3 Å². The van der Waals surface area contributed by atoms with E-state index in [9.17, 15) is 0 Å². The summed E-state index contributed by atoms with van der Waals surface area (Å²) in [6.07, 6.45) is 0.792. The predicted octanol–water partition coefficient (Wildman–Crippen LogP) is 2.54. The number of hydrogen-bond donors (Lipinski definition) is 0. The molecule has 0 unspecified atom stereocenters. The number of benzene rings is 1. The summed E-state index contributed by atoms with van der Waals surface area (Å²) in [4.78, 5) is 0. The first-order chi connectivity index (χ1) is 6.31. The molecule has 13 heavy (non-hydrogen) atoms. The highest BCUT2D eigenvalue weighted by Gasteiger charge is 2.07. The topological polar surface area (TPSA) is 18.5 Å². The molecule has 0 aliphatic carbocycles. The van der Waals surface area contributed by atoms with E-state index in [1.165, 1.54) is 5.56 Å². The summed E-state index contributed by atoms with van der Waals surface area (Å²) in [7, 11) is 3.29. The molecule has 72 valence electrons. The Labute approximate surface area is 79.5 Å². The third-order valence-corrected chi connectivity index (χ3v) is 2.06. The highest BCUT2D eigenvalue weighted by Crippen LogP contribution is 2.18. The van der Waals surface area contributed by atoms with Crippen molar-refractivity contribution in [2.75, 3.05) is 14.2 Å². The quantitative estimate of drug-likeness (QED) is 0.663. The summed E-state index contributed by atoms with van der Waals surface area (Å²) in [5, 5.41) is 0. The van der Waals surface area contributed by atoms with Crippen LogP contribution in [0.15, 0.2) is 24.3 Å². The van der Waals surface area contributed by atoms with E-state index in [-0.39, 0.29) is 6.29 Å². The van der Waals surface area contributed by atoms with Crippen molar-refractivity contribution < 1.29 is 9.47 Å². The van der Waals surface area contributed by atoms with E-state index < -0.39 is 0 Å². The van der Waals surface area contributed by atoms with Gasteiger partial charge < -0.3 is 9.47 Å². The maximum absolute atomic E-state index is 5.16. The first kappa shape index (κ1) is 10.2. The standard InChI is InChI=1S/C11H16O2/c1-4-9-6-5-7-10(8-9)11(12-2)13-3/h5-8,11H,4H2,1-3H3. The van der Waals surface area contributed by atoms with Gasteiger partial charge in [-0.15, -0.1) is 0 Å². The van der Waals surface area contributed by atoms with Gasteiger partial charge in [0.15, 0.2) is 6.29 Å². The molecular formula is C11H16O2. The maximum atomic E-state index is 5.16. The van der Waals surface area contributed by atoms with Crippen LogP contribution in [0.3, 0.4) is 0 Å². The Balaban J connectivity index is 2.86. The van der Waals surface area contributed by atoms with Gasteiger partial charge in [-0.2, -0.15) is 0 Å². The van der Waals surface area contributed by atoms with Crippen molar-refractivity contribution >= 4 is 0 Å². The lowest BCUT2D eigenvalue weighted by atomic mass is 10.1. The van der Waals surface area contributed by atoms with Crippen LogP contribution in [0.25, 0.3) is 0 Å². The second-order valence-corrected chi connectivity index (χ2v) is 2.90. The number of aryl methyl sites for hydroxylation is 1. The van der Waals surface area contributed by atoms with Gasteiger partial charge in [0, 0.05) is 19.8 Å². The summed E-state index contributed by atoms with van der Waals surface area (Å²) < 4.78 is 10.3. The average Bonchev–Trinajstić information content (AvgIpc) is 2.20. The highest BCUT2D eigenvalue weighted by molar-refractivity contribution is 5.24. The third kappa shape index (κ3) is 2.54. The molecule has 0 radical (unpaired) electrons. The van der Waals surface area contributed by atoms with E-state index in [1.54, 1.807) is 14.2 Å². The van der Waals surface area contributed by atoms with Gasteiger partial charge in [0.2, 0.25) is 0 Å². The molecular weight excluding hydrogens is 164 g/mol. The molecule has 0 aromatic heterocycles. The maximum Gasteiger partial charge on any atom is 0.183 e. The van der Waals surface area contributed by atoms with E-state index in [1.807, 2.05) is 12.1 Å². The number of hydrogen-bond acceptors (Lipinski definition) is 2. The Bertz CT molecular complexity index is 254. The smallest absolute Gasteiger partial charge is 0.183 e. The average molecular weight is 180 g/mol. The molecule has 0 aliphatic rings. The van der Waals surface area contributed by atoms with Gasteiger partial charge >= 0.3 is 0 Å². The molecule has 1 aromatic carbocycles. The number of ether oxygens (including phenoxy) is 2. The summed E-state index contributed by atoms with van der Waals surface area (Å²) in [6.45, 7) is 2.13. The van der Waals surface area contributed by atoms with Crippen molar-refractivity contribution in [3.05, 3.63) is 35.4 Å². The van der Waals surface area contributed by atoms with Crippen LogP contribution in [-0.2, 0) is 15.9 Å². The van der Waals surface area contributed by atoms with Crippen molar-refractivity contribution in [1.29, 1.82) is 0 Å². The lowest BCUT2D eigenvalue weighted by Crippen LogP contribution is -2.03. The molecule has 0 saturated heterocycles. The second-order valence-electron chi connectivity index (χ2n) is 2.90. The van der Waals surface area contributed by atoms with Gasteiger partial charge in [-0.3, -0.25) is 0 Å². The van der Waals surface area contributed by atoms with Crippen LogP contribution in [0.5, 0.6) is 0 Å². The zero-order valence-corrected chi connectivity index (χ0v) is 8.41. The van der Waals surface area contributed by atoms with Gasteiger partial charge in [0.25, 0.3) is 0 Å². The normalized spacial score (nSPS) is 10.8. The van der Waals surface area contributed by atoms with Crippen LogP contribution in [0.2, 0.25) is 0 Å². The molecule has 0 spiro atoms. The van der Waals surface area contributed by atoms with Crippen molar-refractivity contribution in [3.8, 4) is 0 Å². The van der Waals surface area contributed by atoms with E-state index >= 15 is 0 Å². The Hall–Kier alpha value is -0.860. The van der Waals surface area contributed by atoms with Gasteiger partial charge in [0.1, 0.15) is 0 Å².